The predicted molar refractivity (Wildman–Crippen MR) is 248 cm³/mol. The van der Waals surface area contributed by atoms with Crippen LogP contribution in [0.4, 0.5) is 60.5 Å². The molecule has 0 fully saturated rings. The largest absolute Gasteiger partial charge is 0.416 e. The van der Waals surface area contributed by atoms with Crippen molar-refractivity contribution in [2.75, 3.05) is 9.80 Å². The highest BCUT2D eigenvalue weighted by atomic mass is 19.4. The number of hydrogen-bond acceptors (Lipinski definition) is 2. The summed E-state index contributed by atoms with van der Waals surface area (Å²) in [6, 6.07) is 63.6. The summed E-state index contributed by atoms with van der Waals surface area (Å²) in [6.07, 6.45) is -9.29. The Morgan fingerprint density at radius 3 is 0.909 bits per heavy atom. The second kappa shape index (κ2) is 13.4. The van der Waals surface area contributed by atoms with E-state index in [0.717, 1.165) is 90.8 Å². The third-order valence-electron chi connectivity index (χ3n) is 14.3. The number of halogens is 6. The quantitative estimate of drug-likeness (QED) is 0.160. The number of para-hydroxylation sites is 6. The van der Waals surface area contributed by atoms with E-state index in [0.29, 0.717) is 22.3 Å². The Bertz CT molecular complexity index is 3160. The second-order valence-electron chi connectivity index (χ2n) is 17.4. The summed E-state index contributed by atoms with van der Waals surface area (Å²) >= 11 is 0. The fraction of sp³-hybridized carbons (Fsp3) is 0.0690. The number of alkyl halides is 6. The van der Waals surface area contributed by atoms with Crippen LogP contribution in [0.5, 0.6) is 0 Å². The first-order chi connectivity index (χ1) is 32.0. The van der Waals surface area contributed by atoms with Crippen molar-refractivity contribution in [3.8, 4) is 22.3 Å². The highest BCUT2D eigenvalue weighted by Gasteiger charge is 2.57. The van der Waals surface area contributed by atoms with Crippen LogP contribution in [0, 0.1) is 0 Å². The molecule has 318 valence electrons. The number of fused-ring (bicyclic) bond motifs is 18. The fourth-order valence-electron chi connectivity index (χ4n) is 11.9. The molecule has 2 spiro atoms. The van der Waals surface area contributed by atoms with Gasteiger partial charge in [-0.1, -0.05) is 127 Å². The van der Waals surface area contributed by atoms with Gasteiger partial charge in [0.15, 0.2) is 0 Å². The van der Waals surface area contributed by atoms with Crippen LogP contribution >= 0.6 is 0 Å². The monoisotopic (exact) mass is 872 g/mol. The van der Waals surface area contributed by atoms with Gasteiger partial charge in [0.25, 0.3) is 0 Å². The molecule has 0 saturated carbocycles. The molecule has 4 aliphatic rings. The van der Waals surface area contributed by atoms with Gasteiger partial charge in [0, 0.05) is 11.4 Å². The van der Waals surface area contributed by atoms with Gasteiger partial charge < -0.3 is 9.80 Å². The van der Waals surface area contributed by atoms with E-state index >= 15 is 26.3 Å². The lowest BCUT2D eigenvalue weighted by Crippen LogP contribution is -2.38. The minimum Gasteiger partial charge on any atom is -0.310 e. The average molecular weight is 873 g/mol. The maximum Gasteiger partial charge on any atom is 0.416 e. The molecular weight excluding hydrogens is 839 g/mol. The van der Waals surface area contributed by atoms with Crippen LogP contribution in [0.15, 0.2) is 206 Å². The predicted octanol–water partition coefficient (Wildman–Crippen LogP) is 16.0. The van der Waals surface area contributed by atoms with Crippen molar-refractivity contribution < 1.29 is 26.3 Å². The number of hydrogen-bond donors (Lipinski definition) is 0. The van der Waals surface area contributed by atoms with Gasteiger partial charge in [-0.2, -0.15) is 26.3 Å². The van der Waals surface area contributed by atoms with E-state index in [1.165, 1.54) is 12.1 Å². The molecule has 0 N–H and O–H groups in total. The van der Waals surface area contributed by atoms with Crippen molar-refractivity contribution in [2.45, 2.75) is 23.2 Å². The molecule has 0 aromatic heterocycles. The van der Waals surface area contributed by atoms with Crippen molar-refractivity contribution in [3.63, 3.8) is 0 Å². The van der Waals surface area contributed by atoms with E-state index in [-0.39, 0.29) is 0 Å². The lowest BCUT2D eigenvalue weighted by molar-refractivity contribution is -0.138. The van der Waals surface area contributed by atoms with Gasteiger partial charge in [0.05, 0.1) is 44.7 Å². The lowest BCUT2D eigenvalue weighted by Gasteiger charge is -2.46. The molecule has 0 radical (unpaired) electrons. The fourth-order valence-corrected chi connectivity index (χ4v) is 11.9. The summed E-state index contributed by atoms with van der Waals surface area (Å²) in [5, 5.41) is 0. The van der Waals surface area contributed by atoms with Crippen molar-refractivity contribution >= 4 is 34.1 Å². The first-order valence-corrected chi connectivity index (χ1v) is 21.7. The number of nitrogens with zero attached hydrogens (tertiary/aromatic N) is 2. The molecule has 0 atom stereocenters. The molecule has 2 heterocycles. The molecule has 9 aromatic rings. The molecule has 0 bridgehead atoms. The maximum absolute atomic E-state index is 15.1. The van der Waals surface area contributed by atoms with Crippen molar-refractivity contribution in [1.82, 2.24) is 0 Å². The first kappa shape index (κ1) is 38.6. The number of benzene rings is 9. The number of rotatable bonds is 2. The molecule has 2 aliphatic heterocycles. The van der Waals surface area contributed by atoms with Crippen LogP contribution in [-0.4, -0.2) is 0 Å². The highest BCUT2D eigenvalue weighted by molar-refractivity contribution is 6.01. The Hall–Kier alpha value is -7.84. The zero-order chi connectivity index (χ0) is 44.7. The van der Waals surface area contributed by atoms with Gasteiger partial charge in [0.1, 0.15) is 0 Å². The smallest absolute Gasteiger partial charge is 0.310 e. The minimum absolute atomic E-state index is 0.491. The lowest BCUT2D eigenvalue weighted by atomic mass is 9.61. The molecule has 2 aliphatic carbocycles. The summed E-state index contributed by atoms with van der Waals surface area (Å²) in [6.45, 7) is 0. The van der Waals surface area contributed by atoms with Crippen LogP contribution in [-0.2, 0) is 23.2 Å². The molecular formula is C58H34F6N2. The summed E-state index contributed by atoms with van der Waals surface area (Å²) in [5.41, 5.74) is 9.22. The molecule has 2 nitrogen and oxygen atoms in total. The van der Waals surface area contributed by atoms with Gasteiger partial charge in [-0.3, -0.25) is 0 Å². The first-order valence-electron chi connectivity index (χ1n) is 21.7. The van der Waals surface area contributed by atoms with Crippen LogP contribution in [0.1, 0.15) is 55.6 Å². The average Bonchev–Trinajstić information content (AvgIpc) is 3.78. The van der Waals surface area contributed by atoms with E-state index in [1.807, 2.05) is 164 Å². The van der Waals surface area contributed by atoms with E-state index in [9.17, 15) is 0 Å². The van der Waals surface area contributed by atoms with E-state index < -0.39 is 34.3 Å². The zero-order valence-corrected chi connectivity index (χ0v) is 34.8. The molecule has 13 rings (SSSR count). The normalized spacial score (nSPS) is 15.3. The second-order valence-corrected chi connectivity index (χ2v) is 17.4. The molecule has 8 heteroatoms. The Kier molecular flexibility index (Phi) is 7.81. The van der Waals surface area contributed by atoms with Crippen LogP contribution in [0.3, 0.4) is 0 Å². The van der Waals surface area contributed by atoms with Gasteiger partial charge in [-0.25, -0.2) is 0 Å². The standard InChI is InChI=1S/C58H34F6N2/c59-57(60,61)35-27-29-39-41-33-42-40-30-28-36(58(62,63)64)32-48(40)56(45-21-9-13-25-53(45)66(38-17-5-2-6-18-38)54-26-14-10-22-46(54)56)50(42)34-49(41)55(47(39)31-35)43-19-7-11-23-51(43)65(37-15-3-1-4-16-37)52-24-12-8-20-44(52)55/h1-34H. The number of anilines is 6. The maximum atomic E-state index is 15.1. The van der Waals surface area contributed by atoms with E-state index in [1.54, 1.807) is 12.1 Å². The van der Waals surface area contributed by atoms with Crippen molar-refractivity contribution in [3.05, 3.63) is 262 Å². The Balaban J connectivity index is 1.20. The van der Waals surface area contributed by atoms with Crippen LogP contribution < -0.4 is 9.80 Å². The van der Waals surface area contributed by atoms with E-state index in [2.05, 4.69) is 15.9 Å². The van der Waals surface area contributed by atoms with Crippen LogP contribution in [0.25, 0.3) is 22.3 Å². The third-order valence-corrected chi connectivity index (χ3v) is 14.3. The third kappa shape index (κ3) is 4.93. The molecule has 66 heavy (non-hydrogen) atoms. The van der Waals surface area contributed by atoms with Gasteiger partial charge in [0.2, 0.25) is 0 Å². The SMILES string of the molecule is FC(F)(F)c1ccc2c(c1)C1(c3cc4c(cc3-2)-c2ccc(C(F)(F)F)cc2C42c3ccccc3N(c3ccccc3)c3ccccc32)c2ccccc2N(c2ccccc2)c2ccccc21. The van der Waals surface area contributed by atoms with Gasteiger partial charge in [-0.15, -0.1) is 0 Å². The Labute approximate surface area is 376 Å². The zero-order valence-electron chi connectivity index (χ0n) is 34.8. The minimum atomic E-state index is -4.64. The molecule has 0 unspecified atom stereocenters. The van der Waals surface area contributed by atoms with Crippen molar-refractivity contribution in [1.29, 1.82) is 0 Å². The Morgan fingerprint density at radius 2 is 0.576 bits per heavy atom. The molecule has 0 saturated heterocycles. The summed E-state index contributed by atoms with van der Waals surface area (Å²) in [4.78, 5) is 4.33. The Morgan fingerprint density at radius 1 is 0.273 bits per heavy atom. The molecule has 0 amide bonds. The summed E-state index contributed by atoms with van der Waals surface area (Å²) < 4.78 is 90.4. The van der Waals surface area contributed by atoms with Crippen molar-refractivity contribution in [2.24, 2.45) is 0 Å². The summed E-state index contributed by atoms with van der Waals surface area (Å²) in [7, 11) is 0. The van der Waals surface area contributed by atoms with Gasteiger partial charge >= 0.3 is 12.4 Å². The molecule has 9 aromatic carbocycles. The topological polar surface area (TPSA) is 6.48 Å². The van der Waals surface area contributed by atoms with Gasteiger partial charge in [-0.05, 0) is 146 Å². The highest BCUT2D eigenvalue weighted by Crippen LogP contribution is 2.69. The van der Waals surface area contributed by atoms with E-state index in [4.69, 9.17) is 0 Å². The van der Waals surface area contributed by atoms with Crippen LogP contribution in [0.2, 0.25) is 0 Å². The summed E-state index contributed by atoms with van der Waals surface area (Å²) in [5.74, 6) is 0.